The highest BCUT2D eigenvalue weighted by Gasteiger charge is 2.18. The first-order chi connectivity index (χ1) is 13.7. The molecule has 3 aromatic rings. The maximum atomic E-state index is 12.2. The summed E-state index contributed by atoms with van der Waals surface area (Å²) in [6, 6.07) is 19.5. The topological polar surface area (TPSA) is 48.5 Å². The van der Waals surface area contributed by atoms with E-state index in [2.05, 4.69) is 26.2 Å². The molecular formula is C22H21ClN4O. The standard InChI is InChI=1S/C22H21ClN4O/c23-18-4-1-5-21(15-18)27-13-11-26(12-14-27)20-8-6-19(7-9-20)25-22(28)17-3-2-10-24-16-17/h1-10,15-16H,11-14H2,(H,25,28). The molecule has 28 heavy (non-hydrogen) atoms. The van der Waals surface area contributed by atoms with E-state index < -0.39 is 0 Å². The number of aromatic nitrogens is 1. The number of halogens is 1. The summed E-state index contributed by atoms with van der Waals surface area (Å²) in [4.78, 5) is 20.9. The fraction of sp³-hybridized carbons (Fsp3) is 0.182. The van der Waals surface area contributed by atoms with Crippen LogP contribution in [0.15, 0.2) is 73.1 Å². The van der Waals surface area contributed by atoms with Crippen molar-refractivity contribution in [1.82, 2.24) is 4.98 Å². The number of nitrogens with zero attached hydrogens (tertiary/aromatic N) is 3. The van der Waals surface area contributed by atoms with Crippen molar-refractivity contribution >= 4 is 34.6 Å². The molecule has 1 saturated heterocycles. The van der Waals surface area contributed by atoms with Crippen LogP contribution in [0.25, 0.3) is 0 Å². The van der Waals surface area contributed by atoms with Crippen molar-refractivity contribution in [2.24, 2.45) is 0 Å². The lowest BCUT2D eigenvalue weighted by atomic mass is 10.2. The number of benzene rings is 2. The summed E-state index contributed by atoms with van der Waals surface area (Å²) in [5.41, 5.74) is 3.64. The minimum atomic E-state index is -0.156. The highest BCUT2D eigenvalue weighted by molar-refractivity contribution is 6.30. The van der Waals surface area contributed by atoms with Gasteiger partial charge < -0.3 is 15.1 Å². The number of anilines is 3. The maximum absolute atomic E-state index is 12.2. The van der Waals surface area contributed by atoms with Gasteiger partial charge >= 0.3 is 0 Å². The van der Waals surface area contributed by atoms with Gasteiger partial charge in [0.15, 0.2) is 0 Å². The molecule has 1 aliphatic rings. The molecule has 142 valence electrons. The van der Waals surface area contributed by atoms with Crippen LogP contribution >= 0.6 is 11.6 Å². The summed E-state index contributed by atoms with van der Waals surface area (Å²) in [5.74, 6) is -0.156. The van der Waals surface area contributed by atoms with Crippen molar-refractivity contribution in [3.63, 3.8) is 0 Å². The molecule has 0 radical (unpaired) electrons. The molecule has 1 aromatic heterocycles. The lowest BCUT2D eigenvalue weighted by Crippen LogP contribution is -2.46. The van der Waals surface area contributed by atoms with Crippen LogP contribution in [-0.4, -0.2) is 37.1 Å². The second-order valence-corrected chi connectivity index (χ2v) is 7.13. The molecule has 5 nitrogen and oxygen atoms in total. The molecule has 1 amide bonds. The number of carbonyl (C=O) groups is 1. The highest BCUT2D eigenvalue weighted by Crippen LogP contribution is 2.24. The molecule has 2 heterocycles. The second-order valence-electron chi connectivity index (χ2n) is 6.70. The Morgan fingerprint density at radius 2 is 1.61 bits per heavy atom. The normalized spacial score (nSPS) is 14.0. The molecule has 1 N–H and O–H groups in total. The van der Waals surface area contributed by atoms with E-state index in [9.17, 15) is 4.79 Å². The Bertz CT molecular complexity index is 938. The Morgan fingerprint density at radius 3 is 2.25 bits per heavy atom. The van der Waals surface area contributed by atoms with E-state index in [-0.39, 0.29) is 5.91 Å². The number of hydrogen-bond acceptors (Lipinski definition) is 4. The Labute approximate surface area is 169 Å². The number of nitrogens with one attached hydrogen (secondary N) is 1. The molecule has 0 spiro atoms. The van der Waals surface area contributed by atoms with Gasteiger partial charge in [-0.3, -0.25) is 9.78 Å². The third-order valence-electron chi connectivity index (χ3n) is 4.87. The zero-order valence-corrected chi connectivity index (χ0v) is 16.1. The Morgan fingerprint density at radius 1 is 0.893 bits per heavy atom. The van der Waals surface area contributed by atoms with Gasteiger partial charge in [0.1, 0.15) is 0 Å². The Kier molecular flexibility index (Phi) is 5.44. The van der Waals surface area contributed by atoms with Crippen LogP contribution in [0.2, 0.25) is 5.02 Å². The summed E-state index contributed by atoms with van der Waals surface area (Å²) in [5, 5.41) is 3.67. The average Bonchev–Trinajstić information content (AvgIpc) is 2.75. The number of piperazine rings is 1. The number of pyridine rings is 1. The van der Waals surface area contributed by atoms with Gasteiger partial charge in [-0.2, -0.15) is 0 Å². The SMILES string of the molecule is O=C(Nc1ccc(N2CCN(c3cccc(Cl)c3)CC2)cc1)c1cccnc1. The minimum absolute atomic E-state index is 0.156. The number of amides is 1. The van der Waals surface area contributed by atoms with Crippen LogP contribution in [0.1, 0.15) is 10.4 Å². The average molecular weight is 393 g/mol. The third kappa shape index (κ3) is 4.26. The number of rotatable bonds is 4. The van der Waals surface area contributed by atoms with Gasteiger partial charge in [-0.15, -0.1) is 0 Å². The molecule has 0 unspecified atom stereocenters. The van der Waals surface area contributed by atoms with Crippen molar-refractivity contribution in [2.45, 2.75) is 0 Å². The first-order valence-corrected chi connectivity index (χ1v) is 9.64. The zero-order valence-electron chi connectivity index (χ0n) is 15.4. The first-order valence-electron chi connectivity index (χ1n) is 9.26. The lowest BCUT2D eigenvalue weighted by molar-refractivity contribution is 0.102. The van der Waals surface area contributed by atoms with Gasteiger partial charge in [0.25, 0.3) is 5.91 Å². The van der Waals surface area contributed by atoms with Crippen molar-refractivity contribution in [2.75, 3.05) is 41.3 Å². The molecule has 0 atom stereocenters. The van der Waals surface area contributed by atoms with E-state index >= 15 is 0 Å². The van der Waals surface area contributed by atoms with E-state index in [1.807, 2.05) is 42.5 Å². The van der Waals surface area contributed by atoms with Crippen molar-refractivity contribution in [3.8, 4) is 0 Å². The van der Waals surface area contributed by atoms with Crippen LogP contribution in [0.4, 0.5) is 17.1 Å². The summed E-state index contributed by atoms with van der Waals surface area (Å²) < 4.78 is 0. The summed E-state index contributed by atoms with van der Waals surface area (Å²) in [6.07, 6.45) is 3.21. The third-order valence-corrected chi connectivity index (χ3v) is 5.10. The fourth-order valence-corrected chi connectivity index (χ4v) is 3.54. The predicted molar refractivity (Wildman–Crippen MR) is 115 cm³/mol. The van der Waals surface area contributed by atoms with Gasteiger partial charge in [0, 0.05) is 60.7 Å². The molecular weight excluding hydrogens is 372 g/mol. The molecule has 4 rings (SSSR count). The van der Waals surface area contributed by atoms with E-state index in [1.54, 1.807) is 24.5 Å². The lowest BCUT2D eigenvalue weighted by Gasteiger charge is -2.37. The van der Waals surface area contributed by atoms with Crippen molar-refractivity contribution in [3.05, 3.63) is 83.6 Å². The summed E-state index contributed by atoms with van der Waals surface area (Å²) in [6.45, 7) is 3.77. The number of carbonyl (C=O) groups excluding carboxylic acids is 1. The van der Waals surface area contributed by atoms with E-state index in [1.165, 1.54) is 5.69 Å². The first kappa shape index (κ1) is 18.3. The molecule has 1 fully saturated rings. The van der Waals surface area contributed by atoms with Crippen LogP contribution in [0.5, 0.6) is 0 Å². The Hall–Kier alpha value is -3.05. The highest BCUT2D eigenvalue weighted by atomic mass is 35.5. The molecule has 2 aromatic carbocycles. The second kappa shape index (κ2) is 8.31. The smallest absolute Gasteiger partial charge is 0.257 e. The van der Waals surface area contributed by atoms with Crippen LogP contribution < -0.4 is 15.1 Å². The van der Waals surface area contributed by atoms with Crippen LogP contribution in [-0.2, 0) is 0 Å². The van der Waals surface area contributed by atoms with Crippen molar-refractivity contribution in [1.29, 1.82) is 0 Å². The van der Waals surface area contributed by atoms with E-state index in [0.717, 1.165) is 42.6 Å². The molecule has 6 heteroatoms. The maximum Gasteiger partial charge on any atom is 0.257 e. The number of hydrogen-bond donors (Lipinski definition) is 1. The fourth-order valence-electron chi connectivity index (χ4n) is 3.35. The van der Waals surface area contributed by atoms with Gasteiger partial charge in [-0.05, 0) is 54.6 Å². The molecule has 0 aliphatic carbocycles. The molecule has 1 aliphatic heterocycles. The van der Waals surface area contributed by atoms with Gasteiger partial charge in [-0.1, -0.05) is 17.7 Å². The molecule has 0 bridgehead atoms. The monoisotopic (exact) mass is 392 g/mol. The van der Waals surface area contributed by atoms with Gasteiger partial charge in [-0.25, -0.2) is 0 Å². The largest absolute Gasteiger partial charge is 0.368 e. The van der Waals surface area contributed by atoms with Crippen LogP contribution in [0, 0.1) is 0 Å². The van der Waals surface area contributed by atoms with Gasteiger partial charge in [0.2, 0.25) is 0 Å². The summed E-state index contributed by atoms with van der Waals surface area (Å²) >= 11 is 6.11. The van der Waals surface area contributed by atoms with Crippen molar-refractivity contribution < 1.29 is 4.79 Å². The zero-order chi connectivity index (χ0) is 19.3. The minimum Gasteiger partial charge on any atom is -0.368 e. The molecule has 0 saturated carbocycles. The van der Waals surface area contributed by atoms with E-state index in [4.69, 9.17) is 11.6 Å². The van der Waals surface area contributed by atoms with E-state index in [0.29, 0.717) is 5.56 Å². The predicted octanol–water partition coefficient (Wildman–Crippen LogP) is 4.31. The van der Waals surface area contributed by atoms with Crippen LogP contribution in [0.3, 0.4) is 0 Å². The Balaban J connectivity index is 1.35. The quantitative estimate of drug-likeness (QED) is 0.718. The summed E-state index contributed by atoms with van der Waals surface area (Å²) in [7, 11) is 0. The van der Waals surface area contributed by atoms with Gasteiger partial charge in [0.05, 0.1) is 5.56 Å².